The fourth-order valence-corrected chi connectivity index (χ4v) is 3.99. The van der Waals surface area contributed by atoms with E-state index in [0.29, 0.717) is 12.1 Å². The van der Waals surface area contributed by atoms with Gasteiger partial charge >= 0.3 is 0 Å². The molecule has 0 spiro atoms. The van der Waals surface area contributed by atoms with Crippen molar-refractivity contribution in [1.82, 2.24) is 9.80 Å². The number of nitro groups is 1. The number of nitro benzene ring substituents is 1. The SMILES string of the molecule is CCN(CC)CCN1C(=O)C(=O)C(=C(O)c2ccc(OC)c(F)c2)[C@@H]1c1ccc([N+](=O)[O-])cc1. The zero-order chi connectivity index (χ0) is 25.0. The van der Waals surface area contributed by atoms with E-state index < -0.39 is 34.2 Å². The van der Waals surface area contributed by atoms with Crippen molar-refractivity contribution in [2.75, 3.05) is 33.3 Å². The van der Waals surface area contributed by atoms with E-state index in [-0.39, 0.29) is 29.1 Å². The number of carbonyl (C=O) groups is 2. The molecular formula is C24H26FN3O6. The van der Waals surface area contributed by atoms with E-state index in [9.17, 15) is 29.2 Å². The Labute approximate surface area is 196 Å². The highest BCUT2D eigenvalue weighted by Crippen LogP contribution is 2.40. The predicted octanol–water partition coefficient (Wildman–Crippen LogP) is 3.51. The molecule has 3 rings (SSSR count). The molecule has 1 aliphatic rings. The van der Waals surface area contributed by atoms with Crippen LogP contribution in [0.1, 0.15) is 31.0 Å². The normalized spacial score (nSPS) is 17.4. The molecule has 1 amide bonds. The number of likely N-dealkylation sites (tertiary alicyclic amines) is 1. The van der Waals surface area contributed by atoms with Crippen LogP contribution in [0, 0.1) is 15.9 Å². The zero-order valence-electron chi connectivity index (χ0n) is 19.2. The van der Waals surface area contributed by atoms with Crippen LogP contribution >= 0.6 is 0 Å². The van der Waals surface area contributed by atoms with Crippen molar-refractivity contribution in [3.8, 4) is 5.75 Å². The highest BCUT2D eigenvalue weighted by molar-refractivity contribution is 6.46. The number of ketones is 1. The number of ether oxygens (including phenoxy) is 1. The summed E-state index contributed by atoms with van der Waals surface area (Å²) in [5.41, 5.74) is 0.0656. The van der Waals surface area contributed by atoms with Crippen LogP contribution in [0.3, 0.4) is 0 Å². The standard InChI is InChI=1S/C24H26FN3O6/c1-4-26(5-2)12-13-27-21(15-6-9-17(10-7-15)28(32)33)20(23(30)24(27)31)22(29)16-8-11-19(34-3)18(25)14-16/h6-11,14,21,29H,4-5,12-13H2,1-3H3/t21-/m0/s1. The number of rotatable bonds is 9. The molecule has 0 bridgehead atoms. The van der Waals surface area contributed by atoms with Crippen molar-refractivity contribution in [2.24, 2.45) is 0 Å². The first-order valence-electron chi connectivity index (χ1n) is 10.8. The van der Waals surface area contributed by atoms with E-state index in [0.717, 1.165) is 19.2 Å². The lowest BCUT2D eigenvalue weighted by Crippen LogP contribution is -2.38. The number of Topliss-reactive ketones (excluding diaryl/α,β-unsaturated/α-hetero) is 1. The van der Waals surface area contributed by atoms with Crippen LogP contribution in [-0.4, -0.2) is 64.8 Å². The van der Waals surface area contributed by atoms with Crippen LogP contribution in [0.2, 0.25) is 0 Å². The fourth-order valence-electron chi connectivity index (χ4n) is 3.99. The van der Waals surface area contributed by atoms with E-state index >= 15 is 0 Å². The lowest BCUT2D eigenvalue weighted by atomic mass is 9.95. The topological polar surface area (TPSA) is 113 Å². The van der Waals surface area contributed by atoms with E-state index in [1.165, 1.54) is 48.4 Å². The van der Waals surface area contributed by atoms with Gasteiger partial charge < -0.3 is 19.6 Å². The van der Waals surface area contributed by atoms with E-state index in [4.69, 9.17) is 4.74 Å². The van der Waals surface area contributed by atoms with E-state index in [2.05, 4.69) is 4.90 Å². The Hall–Kier alpha value is -3.79. The molecule has 0 unspecified atom stereocenters. The van der Waals surface area contributed by atoms with Crippen molar-refractivity contribution < 1.29 is 28.7 Å². The fraction of sp³-hybridized carbons (Fsp3) is 0.333. The monoisotopic (exact) mass is 471 g/mol. The average molecular weight is 471 g/mol. The van der Waals surface area contributed by atoms with Gasteiger partial charge in [0.2, 0.25) is 0 Å². The minimum Gasteiger partial charge on any atom is -0.507 e. The molecule has 1 atom stereocenters. The van der Waals surface area contributed by atoms with Crippen LogP contribution < -0.4 is 4.74 Å². The van der Waals surface area contributed by atoms with Gasteiger partial charge in [0.15, 0.2) is 11.6 Å². The number of amides is 1. The maximum Gasteiger partial charge on any atom is 0.295 e. The molecular weight excluding hydrogens is 445 g/mol. The Kier molecular flexibility index (Phi) is 7.62. The summed E-state index contributed by atoms with van der Waals surface area (Å²) in [5.74, 6) is -3.02. The molecule has 34 heavy (non-hydrogen) atoms. The van der Waals surface area contributed by atoms with Gasteiger partial charge in [-0.3, -0.25) is 19.7 Å². The van der Waals surface area contributed by atoms with Crippen molar-refractivity contribution in [1.29, 1.82) is 0 Å². The zero-order valence-corrected chi connectivity index (χ0v) is 19.2. The molecule has 1 aliphatic heterocycles. The maximum absolute atomic E-state index is 14.3. The van der Waals surface area contributed by atoms with Crippen LogP contribution in [0.5, 0.6) is 5.75 Å². The predicted molar refractivity (Wildman–Crippen MR) is 123 cm³/mol. The lowest BCUT2D eigenvalue weighted by Gasteiger charge is -2.28. The minimum absolute atomic E-state index is 0.00644. The van der Waals surface area contributed by atoms with Crippen LogP contribution in [0.4, 0.5) is 10.1 Å². The molecule has 1 fully saturated rings. The molecule has 2 aromatic rings. The number of aliphatic hydroxyl groups is 1. The highest BCUT2D eigenvalue weighted by atomic mass is 19.1. The number of carbonyl (C=O) groups excluding carboxylic acids is 2. The van der Waals surface area contributed by atoms with E-state index in [1.54, 1.807) is 0 Å². The second-order valence-electron chi connectivity index (χ2n) is 7.72. The third-order valence-corrected chi connectivity index (χ3v) is 5.94. The summed E-state index contributed by atoms with van der Waals surface area (Å²) in [6.07, 6.45) is 0. The van der Waals surface area contributed by atoms with Crippen molar-refractivity contribution in [3.63, 3.8) is 0 Å². The van der Waals surface area contributed by atoms with Crippen LogP contribution in [0.25, 0.3) is 5.76 Å². The number of likely N-dealkylation sites (N-methyl/N-ethyl adjacent to an activating group) is 1. The highest BCUT2D eigenvalue weighted by Gasteiger charge is 2.46. The van der Waals surface area contributed by atoms with Gasteiger partial charge in [0.05, 0.1) is 23.6 Å². The van der Waals surface area contributed by atoms with Crippen LogP contribution in [0.15, 0.2) is 48.0 Å². The first-order valence-corrected chi connectivity index (χ1v) is 10.8. The summed E-state index contributed by atoms with van der Waals surface area (Å²) in [4.78, 5) is 39.9. The molecule has 1 N–H and O–H groups in total. The molecule has 1 saturated heterocycles. The molecule has 0 radical (unpaired) electrons. The van der Waals surface area contributed by atoms with Gasteiger partial charge in [0.1, 0.15) is 5.76 Å². The van der Waals surface area contributed by atoms with Gasteiger partial charge in [0.25, 0.3) is 17.4 Å². The molecule has 9 nitrogen and oxygen atoms in total. The summed E-state index contributed by atoms with van der Waals surface area (Å²) in [6.45, 7) is 6.12. The Morgan fingerprint density at radius 2 is 1.82 bits per heavy atom. The van der Waals surface area contributed by atoms with Gasteiger partial charge in [-0.15, -0.1) is 0 Å². The quantitative estimate of drug-likeness (QED) is 0.196. The van der Waals surface area contributed by atoms with E-state index in [1.807, 2.05) is 13.8 Å². The van der Waals surface area contributed by atoms with Gasteiger partial charge in [-0.25, -0.2) is 4.39 Å². The molecule has 0 aliphatic carbocycles. The lowest BCUT2D eigenvalue weighted by molar-refractivity contribution is -0.384. The molecule has 180 valence electrons. The molecule has 2 aromatic carbocycles. The number of aliphatic hydroxyl groups excluding tert-OH is 1. The van der Waals surface area contributed by atoms with Crippen molar-refractivity contribution in [2.45, 2.75) is 19.9 Å². The minimum atomic E-state index is -0.985. The number of halogens is 1. The number of benzene rings is 2. The number of hydrogen-bond acceptors (Lipinski definition) is 7. The Morgan fingerprint density at radius 3 is 2.35 bits per heavy atom. The summed E-state index contributed by atoms with van der Waals surface area (Å²) < 4.78 is 19.2. The Balaban J connectivity index is 2.12. The van der Waals surface area contributed by atoms with Crippen LogP contribution in [-0.2, 0) is 9.59 Å². The van der Waals surface area contributed by atoms with Crippen molar-refractivity contribution >= 4 is 23.1 Å². The third-order valence-electron chi connectivity index (χ3n) is 5.94. The van der Waals surface area contributed by atoms with Gasteiger partial charge in [-0.1, -0.05) is 13.8 Å². The van der Waals surface area contributed by atoms with Crippen molar-refractivity contribution in [3.05, 3.63) is 75.1 Å². The average Bonchev–Trinajstić information content (AvgIpc) is 3.09. The Bertz CT molecular complexity index is 1130. The van der Waals surface area contributed by atoms with Gasteiger partial charge in [0, 0.05) is 30.8 Å². The first kappa shape index (κ1) is 24.8. The maximum atomic E-state index is 14.3. The second-order valence-corrected chi connectivity index (χ2v) is 7.72. The van der Waals surface area contributed by atoms with Gasteiger partial charge in [-0.2, -0.15) is 0 Å². The molecule has 1 heterocycles. The number of hydrogen-bond donors (Lipinski definition) is 1. The summed E-state index contributed by atoms with van der Waals surface area (Å²) in [6, 6.07) is 8.16. The number of non-ortho nitro benzene ring substituents is 1. The number of nitrogens with zero attached hydrogens (tertiary/aromatic N) is 3. The summed E-state index contributed by atoms with van der Waals surface area (Å²) >= 11 is 0. The summed E-state index contributed by atoms with van der Waals surface area (Å²) in [5, 5.41) is 22.1. The number of methoxy groups -OCH3 is 1. The third kappa shape index (κ3) is 4.76. The first-order chi connectivity index (χ1) is 16.2. The molecule has 10 heteroatoms. The second kappa shape index (κ2) is 10.4. The summed E-state index contributed by atoms with van der Waals surface area (Å²) in [7, 11) is 1.30. The van der Waals surface area contributed by atoms with Gasteiger partial charge in [-0.05, 0) is 49.0 Å². The smallest absolute Gasteiger partial charge is 0.295 e. The molecule has 0 aromatic heterocycles. The largest absolute Gasteiger partial charge is 0.507 e. The Morgan fingerprint density at radius 1 is 1.18 bits per heavy atom. The molecule has 0 saturated carbocycles.